The molecule has 0 bridgehead atoms. The van der Waals surface area contributed by atoms with Crippen molar-refractivity contribution in [1.29, 1.82) is 0 Å². The van der Waals surface area contributed by atoms with E-state index in [1.807, 2.05) is 21.1 Å². The highest BCUT2D eigenvalue weighted by molar-refractivity contribution is 7.45. The first-order valence-corrected chi connectivity index (χ1v) is 26.4. The molecule has 0 radical (unpaired) electrons. The van der Waals surface area contributed by atoms with Gasteiger partial charge in [0, 0.05) is 12.8 Å². The summed E-state index contributed by atoms with van der Waals surface area (Å²) in [6.45, 7) is 4.24. The van der Waals surface area contributed by atoms with Crippen LogP contribution in [0.4, 0.5) is 0 Å². The minimum Gasteiger partial charge on any atom is -0.756 e. The Hall–Kier alpha value is -1.25. The Morgan fingerprint density at radius 3 is 1.31 bits per heavy atom. The van der Waals surface area contributed by atoms with Crippen LogP contribution in [-0.4, -0.2) is 70.0 Å². The molecule has 350 valence electrons. The molecule has 59 heavy (non-hydrogen) atoms. The van der Waals surface area contributed by atoms with Crippen LogP contribution >= 0.6 is 7.82 Å². The van der Waals surface area contributed by atoms with Crippen molar-refractivity contribution in [2.45, 2.75) is 245 Å². The zero-order valence-corrected chi connectivity index (χ0v) is 40.4. The molecule has 0 fully saturated rings. The first-order chi connectivity index (χ1) is 28.5. The second-order valence-electron chi connectivity index (χ2n) is 18.2. The molecular weight excluding hydrogens is 762 g/mol. The Bertz CT molecular complexity index is 1020. The monoisotopic (exact) mass is 858 g/mol. The van der Waals surface area contributed by atoms with Crippen LogP contribution in [0.2, 0.25) is 0 Å². The number of unbranched alkanes of at least 4 members (excludes halogenated alkanes) is 30. The van der Waals surface area contributed by atoms with Crippen LogP contribution in [0.15, 0.2) is 12.2 Å². The summed E-state index contributed by atoms with van der Waals surface area (Å²) in [6.07, 6.45) is 45.2. The van der Waals surface area contributed by atoms with E-state index in [0.717, 1.165) is 38.5 Å². The van der Waals surface area contributed by atoms with E-state index in [1.165, 1.54) is 167 Å². The number of quaternary nitrogens is 1. The molecule has 1 unspecified atom stereocenters. The highest BCUT2D eigenvalue weighted by Crippen LogP contribution is 2.38. The van der Waals surface area contributed by atoms with E-state index < -0.39 is 26.5 Å². The summed E-state index contributed by atoms with van der Waals surface area (Å²) in [5, 5.41) is 0. The summed E-state index contributed by atoms with van der Waals surface area (Å²) in [6, 6.07) is 0. The van der Waals surface area contributed by atoms with Crippen LogP contribution in [0.5, 0.6) is 0 Å². The van der Waals surface area contributed by atoms with E-state index in [2.05, 4.69) is 26.0 Å². The number of phosphoric ester groups is 1. The van der Waals surface area contributed by atoms with Gasteiger partial charge in [-0.25, -0.2) is 0 Å². The summed E-state index contributed by atoms with van der Waals surface area (Å²) >= 11 is 0. The van der Waals surface area contributed by atoms with Gasteiger partial charge in [0.2, 0.25) is 0 Å². The number of hydrogen-bond acceptors (Lipinski definition) is 8. The predicted octanol–water partition coefficient (Wildman–Crippen LogP) is 13.9. The summed E-state index contributed by atoms with van der Waals surface area (Å²) in [5.41, 5.74) is 0. The lowest BCUT2D eigenvalue weighted by Gasteiger charge is -2.28. The van der Waals surface area contributed by atoms with Gasteiger partial charge in [-0.1, -0.05) is 206 Å². The van der Waals surface area contributed by atoms with Crippen LogP contribution in [0.3, 0.4) is 0 Å². The average molecular weight is 858 g/mol. The van der Waals surface area contributed by atoms with Crippen molar-refractivity contribution in [3.63, 3.8) is 0 Å². The number of rotatable bonds is 46. The summed E-state index contributed by atoms with van der Waals surface area (Å²) in [4.78, 5) is 37.6. The van der Waals surface area contributed by atoms with Crippen molar-refractivity contribution in [2.75, 3.05) is 47.5 Å². The van der Waals surface area contributed by atoms with Crippen LogP contribution in [-0.2, 0) is 32.7 Å². The van der Waals surface area contributed by atoms with E-state index in [9.17, 15) is 19.0 Å². The molecule has 0 heterocycles. The Kier molecular flexibility index (Phi) is 41.2. The third-order valence-electron chi connectivity index (χ3n) is 11.0. The number of allylic oxidation sites excluding steroid dienone is 2. The number of phosphoric acid groups is 1. The number of nitrogens with zero attached hydrogens (tertiary/aromatic N) is 1. The largest absolute Gasteiger partial charge is 0.756 e. The molecule has 9 nitrogen and oxygen atoms in total. The molecule has 0 aromatic heterocycles. The van der Waals surface area contributed by atoms with Crippen LogP contribution in [0.1, 0.15) is 239 Å². The van der Waals surface area contributed by atoms with Gasteiger partial charge < -0.3 is 27.9 Å². The maximum Gasteiger partial charge on any atom is 0.306 e. The van der Waals surface area contributed by atoms with Gasteiger partial charge in [-0.05, 0) is 32.1 Å². The van der Waals surface area contributed by atoms with E-state index in [-0.39, 0.29) is 32.0 Å². The zero-order chi connectivity index (χ0) is 43.6. The Balaban J connectivity index is 4.21. The van der Waals surface area contributed by atoms with E-state index in [0.29, 0.717) is 17.4 Å². The first-order valence-electron chi connectivity index (χ1n) is 24.9. The Labute approximate surface area is 365 Å². The molecule has 0 saturated carbocycles. The Morgan fingerprint density at radius 2 is 0.881 bits per heavy atom. The molecule has 0 spiro atoms. The van der Waals surface area contributed by atoms with Crippen LogP contribution < -0.4 is 4.89 Å². The van der Waals surface area contributed by atoms with Gasteiger partial charge in [0.25, 0.3) is 7.82 Å². The summed E-state index contributed by atoms with van der Waals surface area (Å²) < 4.78 is 34.0. The van der Waals surface area contributed by atoms with Gasteiger partial charge in [0.15, 0.2) is 6.10 Å². The van der Waals surface area contributed by atoms with E-state index in [4.69, 9.17) is 18.5 Å². The highest BCUT2D eigenvalue weighted by atomic mass is 31.2. The molecule has 0 aliphatic rings. The molecule has 0 aromatic carbocycles. The lowest BCUT2D eigenvalue weighted by Crippen LogP contribution is -2.37. The van der Waals surface area contributed by atoms with Crippen molar-refractivity contribution >= 4 is 19.8 Å². The fourth-order valence-corrected chi connectivity index (χ4v) is 7.84. The molecule has 0 rings (SSSR count). The first kappa shape index (κ1) is 57.8. The normalized spacial score (nSPS) is 13.5. The molecular formula is C49H96NO8P. The lowest BCUT2D eigenvalue weighted by molar-refractivity contribution is -0.870. The van der Waals surface area contributed by atoms with Crippen molar-refractivity contribution in [1.82, 2.24) is 0 Å². The van der Waals surface area contributed by atoms with Gasteiger partial charge in [0.05, 0.1) is 27.7 Å². The molecule has 0 aliphatic heterocycles. The van der Waals surface area contributed by atoms with E-state index >= 15 is 0 Å². The molecule has 2 atom stereocenters. The van der Waals surface area contributed by atoms with Crippen molar-refractivity contribution < 1.29 is 42.1 Å². The van der Waals surface area contributed by atoms with Gasteiger partial charge in [-0.15, -0.1) is 0 Å². The van der Waals surface area contributed by atoms with Crippen molar-refractivity contribution in [3.8, 4) is 0 Å². The second kappa shape index (κ2) is 42.1. The third-order valence-corrected chi connectivity index (χ3v) is 12.0. The fourth-order valence-electron chi connectivity index (χ4n) is 7.11. The lowest BCUT2D eigenvalue weighted by atomic mass is 10.0. The van der Waals surface area contributed by atoms with Gasteiger partial charge >= 0.3 is 11.9 Å². The highest BCUT2D eigenvalue weighted by Gasteiger charge is 2.21. The number of ether oxygens (including phenoxy) is 2. The number of esters is 2. The molecule has 0 aliphatic carbocycles. The van der Waals surface area contributed by atoms with Gasteiger partial charge in [-0.2, -0.15) is 0 Å². The minimum atomic E-state index is -4.62. The summed E-state index contributed by atoms with van der Waals surface area (Å²) in [7, 11) is 1.18. The zero-order valence-electron chi connectivity index (χ0n) is 39.5. The topological polar surface area (TPSA) is 111 Å². The number of carbonyl (C=O) groups is 2. The minimum absolute atomic E-state index is 0.0278. The fraction of sp³-hybridized carbons (Fsp3) is 0.918. The number of hydrogen-bond donors (Lipinski definition) is 0. The Morgan fingerprint density at radius 1 is 0.508 bits per heavy atom. The number of likely N-dealkylation sites (N-methyl/N-ethyl adjacent to an activating group) is 1. The molecule has 0 amide bonds. The molecule has 0 saturated heterocycles. The second-order valence-corrected chi connectivity index (χ2v) is 19.6. The maximum atomic E-state index is 12.7. The maximum absolute atomic E-state index is 12.7. The molecule has 10 heteroatoms. The predicted molar refractivity (Wildman–Crippen MR) is 245 cm³/mol. The third kappa shape index (κ3) is 46.1. The smallest absolute Gasteiger partial charge is 0.306 e. The van der Waals surface area contributed by atoms with Crippen molar-refractivity contribution in [2.24, 2.45) is 0 Å². The standard InChI is InChI=1S/C49H96NO8P/c1-6-8-10-12-14-16-18-20-22-23-24-25-26-28-29-31-33-35-37-39-41-48(51)55-45-47(46-57-59(53,54)56-44-43-50(3,4)5)58-49(52)42-40-38-36-34-32-30-27-21-19-17-15-13-11-9-7-2/h13,15,47H,6-12,14,16-46H2,1-5H3/b15-13+/t47-/m1/s1. The summed E-state index contributed by atoms with van der Waals surface area (Å²) in [5.74, 6) is -0.823. The van der Waals surface area contributed by atoms with Gasteiger partial charge in [-0.3, -0.25) is 14.2 Å². The van der Waals surface area contributed by atoms with Crippen molar-refractivity contribution in [3.05, 3.63) is 12.2 Å². The average Bonchev–Trinajstić information content (AvgIpc) is 3.19. The van der Waals surface area contributed by atoms with E-state index in [1.54, 1.807) is 0 Å². The molecule has 0 aromatic rings. The van der Waals surface area contributed by atoms with Crippen LogP contribution in [0, 0.1) is 0 Å². The van der Waals surface area contributed by atoms with Gasteiger partial charge in [0.1, 0.15) is 19.8 Å². The van der Waals surface area contributed by atoms with Crippen LogP contribution in [0.25, 0.3) is 0 Å². The molecule has 0 N–H and O–H groups in total. The quantitative estimate of drug-likeness (QED) is 0.0196. The number of carbonyl (C=O) groups excluding carboxylic acids is 2. The SMILES string of the molecule is CCCC/C=C/CCCCCCCCCCCC(=O)O[C@H](COC(=O)CCCCCCCCCCCCCCCCCCCCCC)COP(=O)([O-])OCC[N+](C)(C)C.